The number of nitrogens with one attached hydrogen (secondary N) is 2. The zero-order valence-electron chi connectivity index (χ0n) is 16.5. The molecule has 3 rings (SSSR count). The van der Waals surface area contributed by atoms with Crippen LogP contribution in [0.4, 0.5) is 0 Å². The quantitative estimate of drug-likeness (QED) is 0.283. The summed E-state index contributed by atoms with van der Waals surface area (Å²) in [6, 6.07) is 4.05. The van der Waals surface area contributed by atoms with Gasteiger partial charge < -0.3 is 19.6 Å². The van der Waals surface area contributed by atoms with Crippen molar-refractivity contribution in [1.29, 1.82) is 0 Å². The molecule has 0 spiro atoms. The number of aliphatic imine (C=N–C) groups is 1. The van der Waals surface area contributed by atoms with Crippen molar-refractivity contribution < 1.29 is 4.42 Å². The average Bonchev–Trinajstić information content (AvgIpc) is 3.16. The Hall–Kier alpha value is -1.58. The van der Waals surface area contributed by atoms with Crippen molar-refractivity contribution in [2.24, 2.45) is 4.99 Å². The van der Waals surface area contributed by atoms with E-state index in [1.165, 1.54) is 19.3 Å². The Morgan fingerprint density at radius 3 is 2.89 bits per heavy atom. The molecule has 2 aromatic rings. The first-order chi connectivity index (χ1) is 12.7. The number of fused-ring (bicyclic) bond motifs is 1. The molecule has 0 bridgehead atoms. The van der Waals surface area contributed by atoms with E-state index < -0.39 is 0 Å². The molecule has 0 fully saturated rings. The third kappa shape index (κ3) is 5.95. The molecule has 7 nitrogen and oxygen atoms in total. The molecular formula is C19H31IN6O. The van der Waals surface area contributed by atoms with E-state index in [-0.39, 0.29) is 30.0 Å². The van der Waals surface area contributed by atoms with Crippen LogP contribution in [0.3, 0.4) is 0 Å². The molecule has 1 unspecified atom stereocenters. The van der Waals surface area contributed by atoms with Crippen LogP contribution in [0.15, 0.2) is 21.5 Å². The SMILES string of the molecule is CN=C(NCCCc1nnc2n1CCCCC2)NC(C)c1ccc(C)o1.I. The number of hydrogen-bond donors (Lipinski definition) is 2. The van der Waals surface area contributed by atoms with E-state index in [1.54, 1.807) is 7.05 Å². The summed E-state index contributed by atoms with van der Waals surface area (Å²) in [6.45, 7) is 5.92. The maximum absolute atomic E-state index is 5.67. The van der Waals surface area contributed by atoms with Gasteiger partial charge in [0.25, 0.3) is 0 Å². The molecule has 2 N–H and O–H groups in total. The monoisotopic (exact) mass is 486 g/mol. The van der Waals surface area contributed by atoms with Crippen LogP contribution in [0.2, 0.25) is 0 Å². The van der Waals surface area contributed by atoms with Gasteiger partial charge in [-0.1, -0.05) is 6.42 Å². The van der Waals surface area contributed by atoms with E-state index in [1.807, 2.05) is 19.1 Å². The predicted octanol–water partition coefficient (Wildman–Crippen LogP) is 3.38. The lowest BCUT2D eigenvalue weighted by molar-refractivity contribution is 0.441. The number of hydrogen-bond acceptors (Lipinski definition) is 4. The summed E-state index contributed by atoms with van der Waals surface area (Å²) in [5.74, 6) is 4.89. The van der Waals surface area contributed by atoms with Gasteiger partial charge in [-0.15, -0.1) is 34.2 Å². The third-order valence-electron chi connectivity index (χ3n) is 4.82. The molecule has 0 aliphatic carbocycles. The van der Waals surface area contributed by atoms with Crippen LogP contribution in [0.25, 0.3) is 0 Å². The highest BCUT2D eigenvalue weighted by Gasteiger charge is 2.14. The second-order valence-corrected chi connectivity index (χ2v) is 6.91. The topological polar surface area (TPSA) is 80.3 Å². The summed E-state index contributed by atoms with van der Waals surface area (Å²) < 4.78 is 7.99. The number of rotatable bonds is 6. The summed E-state index contributed by atoms with van der Waals surface area (Å²) in [5.41, 5.74) is 0. The van der Waals surface area contributed by atoms with E-state index >= 15 is 0 Å². The summed E-state index contributed by atoms with van der Waals surface area (Å²) in [7, 11) is 1.79. The summed E-state index contributed by atoms with van der Waals surface area (Å²) >= 11 is 0. The molecule has 1 aliphatic heterocycles. The fourth-order valence-electron chi connectivity index (χ4n) is 3.34. The second-order valence-electron chi connectivity index (χ2n) is 6.91. The van der Waals surface area contributed by atoms with Crippen LogP contribution in [-0.4, -0.2) is 34.3 Å². The Labute approximate surface area is 178 Å². The maximum Gasteiger partial charge on any atom is 0.191 e. The van der Waals surface area contributed by atoms with Crippen LogP contribution in [0.5, 0.6) is 0 Å². The van der Waals surface area contributed by atoms with Crippen LogP contribution < -0.4 is 10.6 Å². The minimum atomic E-state index is 0. The summed E-state index contributed by atoms with van der Waals surface area (Å²) in [5, 5.41) is 15.5. The average molecular weight is 486 g/mol. The van der Waals surface area contributed by atoms with Crippen LogP contribution in [0.1, 0.15) is 61.8 Å². The minimum Gasteiger partial charge on any atom is -0.464 e. The number of guanidine groups is 1. The molecule has 1 aliphatic rings. The van der Waals surface area contributed by atoms with E-state index in [0.29, 0.717) is 0 Å². The number of nitrogens with zero attached hydrogens (tertiary/aromatic N) is 4. The van der Waals surface area contributed by atoms with Crippen molar-refractivity contribution in [2.45, 2.75) is 65.0 Å². The second kappa shape index (κ2) is 10.7. The first kappa shape index (κ1) is 21.7. The van der Waals surface area contributed by atoms with Crippen molar-refractivity contribution in [1.82, 2.24) is 25.4 Å². The molecule has 27 heavy (non-hydrogen) atoms. The molecule has 0 amide bonds. The van der Waals surface area contributed by atoms with Gasteiger partial charge >= 0.3 is 0 Å². The van der Waals surface area contributed by atoms with Crippen LogP contribution >= 0.6 is 24.0 Å². The Morgan fingerprint density at radius 2 is 2.15 bits per heavy atom. The number of furan rings is 1. The largest absolute Gasteiger partial charge is 0.464 e. The van der Waals surface area contributed by atoms with Gasteiger partial charge in [0, 0.05) is 33.0 Å². The predicted molar refractivity (Wildman–Crippen MR) is 118 cm³/mol. The molecule has 0 aromatic carbocycles. The Kier molecular flexibility index (Phi) is 8.59. The van der Waals surface area contributed by atoms with Gasteiger partial charge in [0.1, 0.15) is 23.2 Å². The van der Waals surface area contributed by atoms with Crippen LogP contribution in [-0.2, 0) is 19.4 Å². The first-order valence-electron chi connectivity index (χ1n) is 9.62. The zero-order chi connectivity index (χ0) is 18.4. The highest BCUT2D eigenvalue weighted by Crippen LogP contribution is 2.16. The highest BCUT2D eigenvalue weighted by atomic mass is 127. The number of aromatic nitrogens is 3. The normalized spacial score (nSPS) is 15.4. The van der Waals surface area contributed by atoms with Gasteiger partial charge in [-0.05, 0) is 45.2 Å². The molecule has 0 saturated carbocycles. The van der Waals surface area contributed by atoms with E-state index in [0.717, 1.165) is 61.5 Å². The Bertz CT molecular complexity index is 738. The number of aryl methyl sites for hydroxylation is 3. The maximum atomic E-state index is 5.67. The molecule has 0 radical (unpaired) electrons. The van der Waals surface area contributed by atoms with Crippen molar-refractivity contribution in [3.8, 4) is 0 Å². The van der Waals surface area contributed by atoms with Gasteiger partial charge in [-0.2, -0.15) is 0 Å². The van der Waals surface area contributed by atoms with Crippen LogP contribution in [0, 0.1) is 6.92 Å². The molecule has 2 aromatic heterocycles. The van der Waals surface area contributed by atoms with Gasteiger partial charge in [0.05, 0.1) is 6.04 Å². The molecule has 0 saturated heterocycles. The first-order valence-corrected chi connectivity index (χ1v) is 9.62. The fraction of sp³-hybridized carbons (Fsp3) is 0.632. The lowest BCUT2D eigenvalue weighted by Crippen LogP contribution is -2.39. The summed E-state index contributed by atoms with van der Waals surface area (Å²) in [6.07, 6.45) is 6.74. The van der Waals surface area contributed by atoms with Gasteiger partial charge in [-0.25, -0.2) is 0 Å². The fourth-order valence-corrected chi connectivity index (χ4v) is 3.34. The smallest absolute Gasteiger partial charge is 0.191 e. The zero-order valence-corrected chi connectivity index (χ0v) is 18.8. The lowest BCUT2D eigenvalue weighted by Gasteiger charge is -2.16. The molecule has 1 atom stereocenters. The van der Waals surface area contributed by atoms with Gasteiger partial charge in [0.15, 0.2) is 5.96 Å². The van der Waals surface area contributed by atoms with Crippen molar-refractivity contribution >= 4 is 29.9 Å². The Balaban J connectivity index is 0.00000261. The molecular weight excluding hydrogens is 455 g/mol. The van der Waals surface area contributed by atoms with Crippen molar-refractivity contribution in [3.05, 3.63) is 35.3 Å². The van der Waals surface area contributed by atoms with Gasteiger partial charge in [-0.3, -0.25) is 4.99 Å². The van der Waals surface area contributed by atoms with Crippen molar-refractivity contribution in [3.63, 3.8) is 0 Å². The Morgan fingerprint density at radius 1 is 1.30 bits per heavy atom. The van der Waals surface area contributed by atoms with E-state index in [4.69, 9.17) is 4.42 Å². The van der Waals surface area contributed by atoms with Crippen molar-refractivity contribution in [2.75, 3.05) is 13.6 Å². The third-order valence-corrected chi connectivity index (χ3v) is 4.82. The van der Waals surface area contributed by atoms with E-state index in [2.05, 4.69) is 37.3 Å². The number of halogens is 1. The minimum absolute atomic E-state index is 0. The highest BCUT2D eigenvalue weighted by molar-refractivity contribution is 14.0. The molecule has 8 heteroatoms. The standard InChI is InChI=1S/C19H30N6O.HI/c1-14-10-11-16(26-14)15(2)22-19(20-3)21-12-7-9-18-24-23-17-8-5-4-6-13-25(17)18;/h10-11,15H,4-9,12-13H2,1-3H3,(H2,20,21,22);1H. The molecule has 3 heterocycles. The van der Waals surface area contributed by atoms with E-state index in [9.17, 15) is 0 Å². The molecule has 150 valence electrons. The van der Waals surface area contributed by atoms with Gasteiger partial charge in [0.2, 0.25) is 0 Å². The lowest BCUT2D eigenvalue weighted by atomic mass is 10.2. The summed E-state index contributed by atoms with van der Waals surface area (Å²) in [4.78, 5) is 4.30.